The lowest BCUT2D eigenvalue weighted by molar-refractivity contribution is 0.401. The predicted molar refractivity (Wildman–Crippen MR) is 106 cm³/mol. The van der Waals surface area contributed by atoms with Crippen molar-refractivity contribution in [2.45, 2.75) is 78.8 Å². The highest BCUT2D eigenvalue weighted by atomic mass is 15.5. The second kappa shape index (κ2) is 8.20. The van der Waals surface area contributed by atoms with Gasteiger partial charge in [0.2, 0.25) is 0 Å². The summed E-state index contributed by atoms with van der Waals surface area (Å²) in [7, 11) is 1.88. The standard InChI is InChI=1S/C19H31N9/c1-12(2)27-21-15(5)17(23-27)9-8-14(4)28-22-16(6)18(24-28)10-13(3)19-20-11-26(7)25-19/h11-14H,8-10H2,1-7H3. The van der Waals surface area contributed by atoms with E-state index in [1.807, 2.05) is 25.7 Å². The molecule has 0 spiro atoms. The maximum Gasteiger partial charge on any atom is 0.153 e. The van der Waals surface area contributed by atoms with Crippen molar-refractivity contribution in [2.75, 3.05) is 0 Å². The number of aromatic nitrogens is 9. The van der Waals surface area contributed by atoms with Crippen LogP contribution in [0.25, 0.3) is 0 Å². The van der Waals surface area contributed by atoms with E-state index in [0.29, 0.717) is 0 Å². The highest BCUT2D eigenvalue weighted by Gasteiger charge is 2.18. The molecule has 0 N–H and O–H groups in total. The van der Waals surface area contributed by atoms with Gasteiger partial charge in [0.15, 0.2) is 5.82 Å². The molecule has 3 heterocycles. The van der Waals surface area contributed by atoms with Crippen molar-refractivity contribution in [3.8, 4) is 0 Å². The zero-order valence-corrected chi connectivity index (χ0v) is 18.0. The third-order valence-electron chi connectivity index (χ3n) is 5.00. The molecule has 3 aromatic rings. The molecule has 0 aliphatic heterocycles. The van der Waals surface area contributed by atoms with Crippen LogP contribution in [0.2, 0.25) is 0 Å². The molecule has 0 saturated heterocycles. The number of hydrogen-bond acceptors (Lipinski definition) is 6. The van der Waals surface area contributed by atoms with E-state index in [-0.39, 0.29) is 18.0 Å². The lowest BCUT2D eigenvalue weighted by atomic mass is 10.0. The lowest BCUT2D eigenvalue weighted by Gasteiger charge is -2.10. The van der Waals surface area contributed by atoms with Gasteiger partial charge in [-0.2, -0.15) is 35.1 Å². The van der Waals surface area contributed by atoms with Crippen LogP contribution >= 0.6 is 0 Å². The summed E-state index contributed by atoms with van der Waals surface area (Å²) in [4.78, 5) is 7.98. The second-order valence-corrected chi connectivity index (χ2v) is 7.97. The maximum atomic E-state index is 4.75. The molecule has 9 heteroatoms. The molecular weight excluding hydrogens is 354 g/mol. The minimum Gasteiger partial charge on any atom is -0.256 e. The molecule has 2 unspecified atom stereocenters. The Bertz CT molecular complexity index is 918. The molecule has 2 atom stereocenters. The third kappa shape index (κ3) is 4.45. The van der Waals surface area contributed by atoms with E-state index in [1.54, 1.807) is 15.8 Å². The van der Waals surface area contributed by atoms with Gasteiger partial charge in [-0.3, -0.25) is 4.68 Å². The van der Waals surface area contributed by atoms with E-state index in [1.165, 1.54) is 0 Å². The smallest absolute Gasteiger partial charge is 0.153 e. The molecule has 28 heavy (non-hydrogen) atoms. The molecule has 9 nitrogen and oxygen atoms in total. The van der Waals surface area contributed by atoms with Crippen LogP contribution in [0.15, 0.2) is 6.33 Å². The molecule has 0 amide bonds. The topological polar surface area (TPSA) is 92.1 Å². The van der Waals surface area contributed by atoms with Gasteiger partial charge in [0.25, 0.3) is 0 Å². The number of rotatable bonds is 8. The van der Waals surface area contributed by atoms with E-state index in [9.17, 15) is 0 Å². The average Bonchev–Trinajstić information content (AvgIpc) is 3.32. The predicted octanol–water partition coefficient (Wildman–Crippen LogP) is 2.74. The van der Waals surface area contributed by atoms with Crippen LogP contribution in [0.5, 0.6) is 0 Å². The van der Waals surface area contributed by atoms with Crippen molar-refractivity contribution in [3.63, 3.8) is 0 Å². The summed E-state index contributed by atoms with van der Waals surface area (Å²) < 4.78 is 1.73. The molecule has 152 valence electrons. The Morgan fingerprint density at radius 3 is 2.11 bits per heavy atom. The van der Waals surface area contributed by atoms with Crippen LogP contribution in [0.1, 0.15) is 80.7 Å². The normalized spacial score (nSPS) is 14.0. The van der Waals surface area contributed by atoms with E-state index < -0.39 is 0 Å². The molecule has 3 aromatic heterocycles. The van der Waals surface area contributed by atoms with E-state index in [4.69, 9.17) is 5.10 Å². The Labute approximate surface area is 166 Å². The Morgan fingerprint density at radius 2 is 1.50 bits per heavy atom. The van der Waals surface area contributed by atoms with Crippen LogP contribution in [-0.2, 0) is 19.9 Å². The summed E-state index contributed by atoms with van der Waals surface area (Å²) in [6.45, 7) is 12.5. The van der Waals surface area contributed by atoms with Crippen molar-refractivity contribution >= 4 is 0 Å². The fraction of sp³-hybridized carbons (Fsp3) is 0.684. The number of hydrogen-bond donors (Lipinski definition) is 0. The lowest BCUT2D eigenvalue weighted by Crippen LogP contribution is -2.11. The largest absolute Gasteiger partial charge is 0.256 e. The van der Waals surface area contributed by atoms with Crippen LogP contribution in [0.4, 0.5) is 0 Å². The quantitative estimate of drug-likeness (QED) is 0.592. The van der Waals surface area contributed by atoms with Gasteiger partial charge in [-0.25, -0.2) is 4.98 Å². The van der Waals surface area contributed by atoms with E-state index >= 15 is 0 Å². The van der Waals surface area contributed by atoms with Gasteiger partial charge in [0.05, 0.1) is 34.9 Å². The van der Waals surface area contributed by atoms with Gasteiger partial charge in [0.1, 0.15) is 6.33 Å². The van der Waals surface area contributed by atoms with Gasteiger partial charge in [-0.1, -0.05) is 6.92 Å². The van der Waals surface area contributed by atoms with E-state index in [2.05, 4.69) is 53.1 Å². The van der Waals surface area contributed by atoms with Crippen molar-refractivity contribution in [2.24, 2.45) is 7.05 Å². The number of nitrogens with zero attached hydrogens (tertiary/aromatic N) is 9. The van der Waals surface area contributed by atoms with Crippen LogP contribution in [0.3, 0.4) is 0 Å². The summed E-state index contributed by atoms with van der Waals surface area (Å²) in [5.41, 5.74) is 4.03. The van der Waals surface area contributed by atoms with Gasteiger partial charge in [-0.05, 0) is 47.5 Å². The molecule has 0 aliphatic carbocycles. The Kier molecular flexibility index (Phi) is 5.90. The minimum absolute atomic E-state index is 0.194. The summed E-state index contributed by atoms with van der Waals surface area (Å²) in [5.74, 6) is 1.04. The average molecular weight is 386 g/mol. The Morgan fingerprint density at radius 1 is 0.857 bits per heavy atom. The zero-order valence-electron chi connectivity index (χ0n) is 18.0. The summed E-state index contributed by atoms with van der Waals surface area (Å²) >= 11 is 0. The van der Waals surface area contributed by atoms with Crippen molar-refractivity contribution in [3.05, 3.63) is 34.9 Å². The first-order chi connectivity index (χ1) is 13.2. The highest BCUT2D eigenvalue weighted by Crippen LogP contribution is 2.20. The van der Waals surface area contributed by atoms with Crippen molar-refractivity contribution in [1.29, 1.82) is 0 Å². The molecule has 0 bridgehead atoms. The van der Waals surface area contributed by atoms with Crippen LogP contribution < -0.4 is 0 Å². The fourth-order valence-electron chi connectivity index (χ4n) is 3.13. The maximum absolute atomic E-state index is 4.75. The molecule has 0 aromatic carbocycles. The Hall–Kier alpha value is -2.58. The van der Waals surface area contributed by atoms with Crippen LogP contribution in [0, 0.1) is 13.8 Å². The first-order valence-corrected chi connectivity index (χ1v) is 9.94. The molecule has 0 aliphatic rings. The van der Waals surface area contributed by atoms with Gasteiger partial charge in [-0.15, -0.1) is 0 Å². The molecular formula is C19H31N9. The first-order valence-electron chi connectivity index (χ1n) is 9.94. The zero-order chi connectivity index (χ0) is 20.4. The van der Waals surface area contributed by atoms with Crippen LogP contribution in [-0.4, -0.2) is 44.8 Å². The summed E-state index contributed by atoms with van der Waals surface area (Å²) in [5, 5.41) is 22.9. The number of aryl methyl sites for hydroxylation is 4. The highest BCUT2D eigenvalue weighted by molar-refractivity contribution is 5.11. The fourth-order valence-corrected chi connectivity index (χ4v) is 3.13. The monoisotopic (exact) mass is 385 g/mol. The SMILES string of the molecule is Cc1nn(C(C)C)nc1CCC(C)n1nc(C)c(CC(C)c2ncn(C)n2)n1. The molecule has 3 rings (SSSR count). The first kappa shape index (κ1) is 20.2. The molecule has 0 fully saturated rings. The summed E-state index contributed by atoms with van der Waals surface area (Å²) in [6, 6.07) is 0.470. The van der Waals surface area contributed by atoms with Crippen molar-refractivity contribution in [1.82, 2.24) is 44.8 Å². The van der Waals surface area contributed by atoms with Gasteiger partial charge >= 0.3 is 0 Å². The Balaban J connectivity index is 1.63. The van der Waals surface area contributed by atoms with Crippen molar-refractivity contribution < 1.29 is 0 Å². The van der Waals surface area contributed by atoms with Gasteiger partial charge in [0, 0.05) is 19.4 Å². The molecule has 0 saturated carbocycles. The third-order valence-corrected chi connectivity index (χ3v) is 5.00. The molecule has 0 radical (unpaired) electrons. The van der Waals surface area contributed by atoms with E-state index in [0.717, 1.165) is 47.9 Å². The second-order valence-electron chi connectivity index (χ2n) is 7.97. The minimum atomic E-state index is 0.194. The summed E-state index contributed by atoms with van der Waals surface area (Å²) in [6.07, 6.45) is 4.30. The van der Waals surface area contributed by atoms with Gasteiger partial charge < -0.3 is 0 Å².